The first-order chi connectivity index (χ1) is 13.2. The lowest BCUT2D eigenvalue weighted by Gasteiger charge is -2.15. The van der Waals surface area contributed by atoms with Gasteiger partial charge in [0.2, 0.25) is 5.91 Å². The molecule has 3 heterocycles. The minimum Gasteiger partial charge on any atom is -0.368 e. The zero-order valence-corrected chi connectivity index (χ0v) is 15.9. The molecule has 0 saturated carbocycles. The summed E-state index contributed by atoms with van der Waals surface area (Å²) in [6, 6.07) is 0. The van der Waals surface area contributed by atoms with Gasteiger partial charge in [-0.3, -0.25) is 9.48 Å². The molecule has 0 aliphatic carbocycles. The fourth-order valence-corrected chi connectivity index (χ4v) is 3.02. The van der Waals surface area contributed by atoms with Crippen LogP contribution >= 0.6 is 0 Å². The van der Waals surface area contributed by atoms with E-state index in [0.717, 1.165) is 49.3 Å². The van der Waals surface area contributed by atoms with Crippen LogP contribution < -0.4 is 16.0 Å². The summed E-state index contributed by atoms with van der Waals surface area (Å²) in [4.78, 5) is 26.9. The van der Waals surface area contributed by atoms with Gasteiger partial charge in [0.05, 0.1) is 11.6 Å². The quantitative estimate of drug-likeness (QED) is 0.354. The Morgan fingerprint density at radius 3 is 2.81 bits per heavy atom. The fraction of sp³-hybridized carbons (Fsp3) is 0.588. The number of nitrogens with one attached hydrogen (secondary N) is 3. The Hall–Kier alpha value is -2.91. The molecule has 0 aromatic carbocycles. The van der Waals surface area contributed by atoms with Gasteiger partial charge >= 0.3 is 0 Å². The van der Waals surface area contributed by atoms with Crippen molar-refractivity contribution in [1.29, 1.82) is 0 Å². The van der Waals surface area contributed by atoms with Crippen LogP contribution in [-0.2, 0) is 11.8 Å². The highest BCUT2D eigenvalue weighted by Crippen LogP contribution is 2.17. The lowest BCUT2D eigenvalue weighted by Crippen LogP contribution is -2.40. The number of fused-ring (bicyclic) bond motifs is 1. The zero-order valence-electron chi connectivity index (χ0n) is 15.9. The maximum absolute atomic E-state index is 12.1. The Morgan fingerprint density at radius 2 is 2.04 bits per heavy atom. The molecule has 0 unspecified atom stereocenters. The molecule has 0 bridgehead atoms. The normalized spacial score (nSPS) is 14.6. The number of carbonyl (C=O) groups excluding carboxylic acids is 1. The van der Waals surface area contributed by atoms with E-state index in [4.69, 9.17) is 0 Å². The van der Waals surface area contributed by atoms with Crippen LogP contribution in [-0.4, -0.2) is 75.8 Å². The van der Waals surface area contributed by atoms with Crippen molar-refractivity contribution in [3.05, 3.63) is 12.5 Å². The molecular formula is C17H27N9O. The van der Waals surface area contributed by atoms with Crippen LogP contribution in [0, 0.1) is 0 Å². The number of nitrogens with zero attached hydrogens (tertiary/aromatic N) is 6. The zero-order chi connectivity index (χ0) is 19.1. The lowest BCUT2D eigenvalue weighted by molar-refractivity contribution is -0.128. The summed E-state index contributed by atoms with van der Waals surface area (Å²) in [5.74, 6) is 1.48. The smallest absolute Gasteiger partial charge is 0.244 e. The van der Waals surface area contributed by atoms with E-state index in [1.54, 1.807) is 10.9 Å². The number of carbonyl (C=O) groups is 1. The van der Waals surface area contributed by atoms with Crippen LogP contribution in [0.1, 0.15) is 19.8 Å². The van der Waals surface area contributed by atoms with Crippen LogP contribution in [0.25, 0.3) is 11.0 Å². The Morgan fingerprint density at radius 1 is 1.22 bits per heavy atom. The molecular weight excluding hydrogens is 346 g/mol. The standard InChI is InChI=1S/C17H27N9O/c1-3-18-17(21-11-14(27)26-8-4-5-9-26)20-7-6-19-15-13-10-24-25(2)16(13)23-12-22-15/h10,12H,3-9,11H2,1-2H3,(H2,18,20,21)(H,19,22,23). The highest BCUT2D eigenvalue weighted by molar-refractivity contribution is 5.86. The molecule has 1 aliphatic heterocycles. The average Bonchev–Trinajstić information content (AvgIpc) is 3.34. The molecule has 1 fully saturated rings. The summed E-state index contributed by atoms with van der Waals surface area (Å²) >= 11 is 0. The van der Waals surface area contributed by atoms with Crippen molar-refractivity contribution in [2.75, 3.05) is 44.6 Å². The molecule has 0 radical (unpaired) electrons. The molecule has 146 valence electrons. The highest BCUT2D eigenvalue weighted by atomic mass is 16.2. The van der Waals surface area contributed by atoms with Crippen LogP contribution in [0.3, 0.4) is 0 Å². The van der Waals surface area contributed by atoms with Crippen molar-refractivity contribution in [2.45, 2.75) is 19.8 Å². The molecule has 10 heteroatoms. The first kappa shape index (κ1) is 18.9. The van der Waals surface area contributed by atoms with Gasteiger partial charge in [-0.05, 0) is 19.8 Å². The van der Waals surface area contributed by atoms with E-state index in [-0.39, 0.29) is 12.5 Å². The van der Waals surface area contributed by atoms with Crippen LogP contribution in [0.2, 0.25) is 0 Å². The molecule has 2 aromatic heterocycles. The van der Waals surface area contributed by atoms with Gasteiger partial charge in [-0.15, -0.1) is 0 Å². The SMILES string of the molecule is CCNC(=NCC(=O)N1CCCC1)NCCNc1ncnc2c1cnn2C. The molecule has 3 N–H and O–H groups in total. The van der Waals surface area contributed by atoms with Gasteiger partial charge in [-0.2, -0.15) is 5.10 Å². The first-order valence-corrected chi connectivity index (χ1v) is 9.35. The second-order valence-corrected chi connectivity index (χ2v) is 6.36. The Bertz CT molecular complexity index is 795. The maximum atomic E-state index is 12.1. The minimum absolute atomic E-state index is 0.0859. The second-order valence-electron chi connectivity index (χ2n) is 6.36. The van der Waals surface area contributed by atoms with Crippen molar-refractivity contribution >= 4 is 28.7 Å². The number of hydrogen-bond donors (Lipinski definition) is 3. The molecule has 2 aromatic rings. The van der Waals surface area contributed by atoms with E-state index in [2.05, 4.69) is 36.0 Å². The molecule has 10 nitrogen and oxygen atoms in total. The van der Waals surface area contributed by atoms with E-state index in [9.17, 15) is 4.79 Å². The van der Waals surface area contributed by atoms with Gasteiger partial charge in [0.25, 0.3) is 0 Å². The molecule has 1 saturated heterocycles. The van der Waals surface area contributed by atoms with E-state index in [0.29, 0.717) is 19.0 Å². The Balaban J connectivity index is 1.48. The number of hydrogen-bond acceptors (Lipinski definition) is 6. The summed E-state index contributed by atoms with van der Waals surface area (Å²) in [6.45, 7) is 5.89. The molecule has 3 rings (SSSR count). The number of aromatic nitrogens is 4. The van der Waals surface area contributed by atoms with Crippen molar-refractivity contribution in [3.63, 3.8) is 0 Å². The van der Waals surface area contributed by atoms with E-state index < -0.39 is 0 Å². The number of rotatable bonds is 7. The third-order valence-electron chi connectivity index (χ3n) is 4.41. The maximum Gasteiger partial charge on any atom is 0.244 e. The van der Waals surface area contributed by atoms with E-state index >= 15 is 0 Å². The van der Waals surface area contributed by atoms with Crippen molar-refractivity contribution in [2.24, 2.45) is 12.0 Å². The number of anilines is 1. The predicted molar refractivity (Wildman–Crippen MR) is 105 cm³/mol. The number of amides is 1. The van der Waals surface area contributed by atoms with Gasteiger partial charge < -0.3 is 20.9 Å². The van der Waals surface area contributed by atoms with Crippen LogP contribution in [0.15, 0.2) is 17.5 Å². The van der Waals surface area contributed by atoms with E-state index in [1.807, 2.05) is 18.9 Å². The molecule has 1 amide bonds. The predicted octanol–water partition coefficient (Wildman–Crippen LogP) is -0.0473. The summed E-state index contributed by atoms with van der Waals surface area (Å²) in [5.41, 5.74) is 0.788. The van der Waals surface area contributed by atoms with Gasteiger partial charge in [0.1, 0.15) is 18.7 Å². The third kappa shape index (κ3) is 4.83. The van der Waals surface area contributed by atoms with Gasteiger partial charge in [-0.1, -0.05) is 0 Å². The van der Waals surface area contributed by atoms with Gasteiger partial charge in [-0.25, -0.2) is 15.0 Å². The van der Waals surface area contributed by atoms with Crippen LogP contribution in [0.4, 0.5) is 5.82 Å². The number of aryl methyl sites for hydroxylation is 1. The number of guanidine groups is 1. The van der Waals surface area contributed by atoms with Gasteiger partial charge in [0.15, 0.2) is 11.6 Å². The monoisotopic (exact) mass is 373 g/mol. The van der Waals surface area contributed by atoms with E-state index in [1.165, 1.54) is 6.33 Å². The molecule has 0 atom stereocenters. The molecule has 1 aliphatic rings. The van der Waals surface area contributed by atoms with Crippen molar-refractivity contribution in [3.8, 4) is 0 Å². The molecule has 0 spiro atoms. The minimum atomic E-state index is 0.0859. The van der Waals surface area contributed by atoms with Crippen molar-refractivity contribution in [1.82, 2.24) is 35.3 Å². The Labute approximate surface area is 158 Å². The summed E-state index contributed by atoms with van der Waals surface area (Å²) in [6.07, 6.45) is 5.45. The molecule has 27 heavy (non-hydrogen) atoms. The largest absolute Gasteiger partial charge is 0.368 e. The number of aliphatic imine (C=N–C) groups is 1. The fourth-order valence-electron chi connectivity index (χ4n) is 3.02. The second kappa shape index (κ2) is 9.15. The summed E-state index contributed by atoms with van der Waals surface area (Å²) in [7, 11) is 1.85. The Kier molecular flexibility index (Phi) is 6.39. The third-order valence-corrected chi connectivity index (χ3v) is 4.41. The summed E-state index contributed by atoms with van der Waals surface area (Å²) < 4.78 is 1.72. The topological polar surface area (TPSA) is 112 Å². The first-order valence-electron chi connectivity index (χ1n) is 9.35. The number of likely N-dealkylation sites (tertiary alicyclic amines) is 1. The lowest BCUT2D eigenvalue weighted by atomic mass is 10.4. The highest BCUT2D eigenvalue weighted by Gasteiger charge is 2.17. The van der Waals surface area contributed by atoms with Crippen molar-refractivity contribution < 1.29 is 4.79 Å². The average molecular weight is 373 g/mol. The van der Waals surface area contributed by atoms with Gasteiger partial charge in [0, 0.05) is 39.8 Å². The summed E-state index contributed by atoms with van der Waals surface area (Å²) in [5, 5.41) is 14.8. The van der Waals surface area contributed by atoms with Crippen LogP contribution in [0.5, 0.6) is 0 Å².